The Morgan fingerprint density at radius 2 is 1.50 bits per heavy atom. The van der Waals surface area contributed by atoms with Crippen LogP contribution in [0.2, 0.25) is 0 Å². The number of allylic oxidation sites excluding steroid dienone is 12. The lowest BCUT2D eigenvalue weighted by atomic mass is 10.2. The molecule has 3 rings (SSSR count). The first-order valence-electron chi connectivity index (χ1n) is 17.8. The van der Waals surface area contributed by atoms with Crippen molar-refractivity contribution < 1.29 is 19.1 Å². The van der Waals surface area contributed by atoms with Crippen LogP contribution in [0.4, 0.5) is 4.79 Å². The molecule has 1 fully saturated rings. The third-order valence-corrected chi connectivity index (χ3v) is 7.89. The fourth-order valence-corrected chi connectivity index (χ4v) is 5.11. The number of H-pyrrole nitrogens is 1. The number of nitrogens with zero attached hydrogens (tertiary/aromatic N) is 4. The lowest BCUT2D eigenvalue weighted by molar-refractivity contribution is -0.121. The molecule has 0 aromatic carbocycles. The predicted octanol–water partition coefficient (Wildman–Crippen LogP) is 6.05. The van der Waals surface area contributed by atoms with E-state index >= 15 is 0 Å². The van der Waals surface area contributed by atoms with Gasteiger partial charge in [-0.05, 0) is 64.8 Å². The fourth-order valence-electron chi connectivity index (χ4n) is 5.11. The summed E-state index contributed by atoms with van der Waals surface area (Å²) in [6.07, 6.45) is 36.3. The molecule has 3 heterocycles. The Kier molecular flexibility index (Phi) is 19.6. The van der Waals surface area contributed by atoms with Crippen LogP contribution in [0.1, 0.15) is 77.4 Å². The van der Waals surface area contributed by atoms with Crippen molar-refractivity contribution >= 4 is 23.2 Å². The number of likely N-dealkylation sites (N-methyl/N-ethyl adjacent to an activating group) is 1. The van der Waals surface area contributed by atoms with Gasteiger partial charge in [0.1, 0.15) is 18.5 Å². The summed E-state index contributed by atoms with van der Waals surface area (Å²) in [6.45, 7) is 4.53. The molecule has 2 amide bonds. The third kappa shape index (κ3) is 16.2. The summed E-state index contributed by atoms with van der Waals surface area (Å²) in [7, 11) is 1.94. The fraction of sp³-hybridized carbons (Fsp3) is 0.500. The summed E-state index contributed by atoms with van der Waals surface area (Å²) in [5.41, 5.74) is 0.424. The molecule has 0 radical (unpaired) electrons. The van der Waals surface area contributed by atoms with E-state index in [1.165, 1.54) is 6.33 Å². The lowest BCUT2D eigenvalue weighted by Crippen LogP contribution is -2.38. The van der Waals surface area contributed by atoms with Crippen molar-refractivity contribution in [3.63, 3.8) is 0 Å². The molecular weight excluding hydrogens is 634 g/mol. The standard InChI is InChI=1S/C38H55N7O5/c1-3-4-5-6-7-8-9-10-11-12-13-14-15-16-17-18-19-20-21-22-33(46)39-25-27-44(2)28-26-40-38(48)49-29-32-23-24-34(50-32)45-31-43-35-36(45)41-30-42-37(35)47/h4-5,7-8,10-11,13-14,16-17,19-20,30-32,34H,3,6,9,12,15,18,21-29H2,1-2H3,(H,39,46)(H,40,48)(H,41,42,47)/b5-4-,8-7-,11-10-,14-13-,17-16-,20-19-/t32-,34?/m0/s1. The van der Waals surface area contributed by atoms with Gasteiger partial charge in [0.05, 0.1) is 18.8 Å². The number of alkyl carbamates (subject to hydrolysis) is 1. The number of fused-ring (bicyclic) bond motifs is 1. The van der Waals surface area contributed by atoms with E-state index in [0.717, 1.165) is 38.5 Å². The van der Waals surface area contributed by atoms with Gasteiger partial charge in [-0.25, -0.2) is 9.78 Å². The second-order valence-electron chi connectivity index (χ2n) is 12.0. The minimum absolute atomic E-state index is 0.0301. The minimum atomic E-state index is -0.503. The van der Waals surface area contributed by atoms with Gasteiger partial charge in [0, 0.05) is 32.6 Å². The molecule has 12 heteroatoms. The summed E-state index contributed by atoms with van der Waals surface area (Å²) >= 11 is 0. The van der Waals surface area contributed by atoms with E-state index in [0.29, 0.717) is 57.5 Å². The van der Waals surface area contributed by atoms with Gasteiger partial charge in [0.2, 0.25) is 5.91 Å². The van der Waals surface area contributed by atoms with E-state index in [-0.39, 0.29) is 30.4 Å². The molecule has 0 saturated carbocycles. The number of nitrogens with one attached hydrogen (secondary N) is 3. The summed E-state index contributed by atoms with van der Waals surface area (Å²) in [5.74, 6) is 0.0301. The third-order valence-electron chi connectivity index (χ3n) is 7.89. The van der Waals surface area contributed by atoms with Crippen LogP contribution in [-0.4, -0.2) is 82.4 Å². The Morgan fingerprint density at radius 1 is 0.900 bits per heavy atom. The number of rotatable bonds is 23. The molecule has 0 aliphatic carbocycles. The van der Waals surface area contributed by atoms with Gasteiger partial charge in [-0.15, -0.1) is 0 Å². The van der Waals surface area contributed by atoms with E-state index in [2.05, 4.69) is 105 Å². The van der Waals surface area contributed by atoms with Crippen molar-refractivity contribution in [3.05, 3.63) is 95.9 Å². The Balaban J connectivity index is 1.12. The maximum Gasteiger partial charge on any atom is 0.407 e. The largest absolute Gasteiger partial charge is 0.447 e. The highest BCUT2D eigenvalue weighted by molar-refractivity contribution is 5.76. The smallest absolute Gasteiger partial charge is 0.407 e. The van der Waals surface area contributed by atoms with Crippen LogP contribution in [0.25, 0.3) is 11.2 Å². The van der Waals surface area contributed by atoms with Crippen LogP contribution in [0.15, 0.2) is 90.4 Å². The molecule has 1 unspecified atom stereocenters. The SMILES string of the molecule is CC/C=C\C/C=C\C/C=C\C/C=C\C/C=C\C/C=C\CCC(=O)NCCN(C)CCNC(=O)OC[C@@H]1CCC(n2cnc3c(=O)nc[nH]c32)O1. The van der Waals surface area contributed by atoms with Crippen LogP contribution in [0.5, 0.6) is 0 Å². The van der Waals surface area contributed by atoms with Crippen molar-refractivity contribution in [2.24, 2.45) is 0 Å². The average Bonchev–Trinajstić information content (AvgIpc) is 3.76. The number of imidazole rings is 1. The normalized spacial score (nSPS) is 16.9. The minimum Gasteiger partial charge on any atom is -0.447 e. The second kappa shape index (κ2) is 24.6. The van der Waals surface area contributed by atoms with Crippen molar-refractivity contribution in [1.82, 2.24) is 35.1 Å². The van der Waals surface area contributed by atoms with Gasteiger partial charge < -0.3 is 30.0 Å². The summed E-state index contributed by atoms with van der Waals surface area (Å²) in [6, 6.07) is 0. The first kappa shape index (κ1) is 39.9. The maximum absolute atomic E-state index is 12.2. The Bertz CT molecular complexity index is 1520. The molecule has 2 atom stereocenters. The summed E-state index contributed by atoms with van der Waals surface area (Å²) < 4.78 is 13.1. The number of hydrogen-bond donors (Lipinski definition) is 3. The van der Waals surface area contributed by atoms with E-state index in [4.69, 9.17) is 9.47 Å². The first-order valence-corrected chi connectivity index (χ1v) is 17.8. The zero-order chi connectivity index (χ0) is 35.7. The second-order valence-corrected chi connectivity index (χ2v) is 12.0. The van der Waals surface area contributed by atoms with E-state index in [1.54, 1.807) is 10.9 Å². The highest BCUT2D eigenvalue weighted by Gasteiger charge is 2.29. The Labute approximate surface area is 296 Å². The molecule has 2 aromatic rings. The van der Waals surface area contributed by atoms with Gasteiger partial charge in [-0.2, -0.15) is 4.98 Å². The highest BCUT2D eigenvalue weighted by Crippen LogP contribution is 2.29. The number of aromatic nitrogens is 4. The number of amides is 2. The summed E-state index contributed by atoms with van der Waals surface area (Å²) in [5, 5.41) is 5.70. The number of ether oxygens (including phenoxy) is 2. The molecule has 1 saturated heterocycles. The molecule has 1 aliphatic rings. The zero-order valence-electron chi connectivity index (χ0n) is 29.7. The van der Waals surface area contributed by atoms with Gasteiger partial charge in [-0.1, -0.05) is 79.8 Å². The highest BCUT2D eigenvalue weighted by atomic mass is 16.6. The average molecular weight is 690 g/mol. The predicted molar refractivity (Wildman–Crippen MR) is 199 cm³/mol. The summed E-state index contributed by atoms with van der Waals surface area (Å²) in [4.78, 5) is 49.0. The van der Waals surface area contributed by atoms with Crippen molar-refractivity contribution in [2.75, 3.05) is 39.8 Å². The first-order chi connectivity index (χ1) is 24.5. The quantitative estimate of drug-likeness (QED) is 0.120. The van der Waals surface area contributed by atoms with Crippen LogP contribution in [0.3, 0.4) is 0 Å². The van der Waals surface area contributed by atoms with Crippen LogP contribution in [0, 0.1) is 0 Å². The van der Waals surface area contributed by atoms with Crippen LogP contribution >= 0.6 is 0 Å². The molecule has 12 nitrogen and oxygen atoms in total. The van der Waals surface area contributed by atoms with Gasteiger partial charge in [0.25, 0.3) is 0 Å². The van der Waals surface area contributed by atoms with E-state index in [9.17, 15) is 14.4 Å². The number of aromatic amines is 1. The number of hydrogen-bond acceptors (Lipinski definition) is 8. The lowest BCUT2D eigenvalue weighted by Gasteiger charge is -2.18. The molecule has 0 bridgehead atoms. The monoisotopic (exact) mass is 689 g/mol. The van der Waals surface area contributed by atoms with Gasteiger partial charge in [-0.3, -0.25) is 14.2 Å². The number of carbonyl (C=O) groups is 2. The van der Waals surface area contributed by atoms with E-state index in [1.807, 2.05) is 11.9 Å². The number of carbonyl (C=O) groups excluding carboxylic acids is 2. The molecule has 1 aliphatic heterocycles. The molecule has 50 heavy (non-hydrogen) atoms. The van der Waals surface area contributed by atoms with Crippen molar-refractivity contribution in [1.29, 1.82) is 0 Å². The Hall–Kier alpha value is -4.55. The van der Waals surface area contributed by atoms with Gasteiger partial charge in [0.15, 0.2) is 5.52 Å². The van der Waals surface area contributed by atoms with Crippen molar-refractivity contribution in [3.8, 4) is 0 Å². The van der Waals surface area contributed by atoms with Crippen LogP contribution in [-0.2, 0) is 14.3 Å². The molecular formula is C38H55N7O5. The molecule has 0 spiro atoms. The van der Waals surface area contributed by atoms with Crippen molar-refractivity contribution in [2.45, 2.75) is 83.5 Å². The molecule has 3 N–H and O–H groups in total. The topological polar surface area (TPSA) is 143 Å². The maximum atomic E-state index is 12.2. The van der Waals surface area contributed by atoms with E-state index < -0.39 is 11.7 Å². The van der Waals surface area contributed by atoms with Crippen LogP contribution < -0.4 is 16.2 Å². The molecule has 272 valence electrons. The molecule has 2 aromatic heterocycles. The Morgan fingerprint density at radius 3 is 2.14 bits per heavy atom. The zero-order valence-corrected chi connectivity index (χ0v) is 29.7. The van der Waals surface area contributed by atoms with Gasteiger partial charge >= 0.3 is 11.7 Å².